The van der Waals surface area contributed by atoms with Crippen LogP contribution in [0.3, 0.4) is 0 Å². The normalized spacial score (nSPS) is 11.9. The minimum Gasteiger partial charge on any atom is -0.504 e. The molecule has 0 aliphatic carbocycles. The van der Waals surface area contributed by atoms with Gasteiger partial charge in [-0.1, -0.05) is 22.9 Å². The Morgan fingerprint density at radius 3 is 2.82 bits per heavy atom. The van der Waals surface area contributed by atoms with E-state index in [-0.39, 0.29) is 11.7 Å². The molecule has 0 spiro atoms. The van der Waals surface area contributed by atoms with Gasteiger partial charge in [-0.2, -0.15) is 0 Å². The molecule has 1 aromatic rings. The van der Waals surface area contributed by atoms with E-state index in [0.717, 1.165) is 6.42 Å². The van der Waals surface area contributed by atoms with E-state index in [1.807, 2.05) is 6.92 Å². The van der Waals surface area contributed by atoms with Crippen molar-refractivity contribution in [3.63, 3.8) is 0 Å². The lowest BCUT2D eigenvalue weighted by molar-refractivity contribution is 0.0953. The molecule has 4 nitrogen and oxygen atoms in total. The van der Waals surface area contributed by atoms with Gasteiger partial charge in [0, 0.05) is 16.9 Å². The number of carbonyl (C=O) groups is 1. The first kappa shape index (κ1) is 13.8. The van der Waals surface area contributed by atoms with Crippen molar-refractivity contribution in [2.24, 2.45) is 0 Å². The lowest BCUT2D eigenvalue weighted by atomic mass is 10.2. The quantitative estimate of drug-likeness (QED) is 0.821. The third-order valence-corrected chi connectivity index (χ3v) is 2.73. The highest BCUT2D eigenvalue weighted by Crippen LogP contribution is 2.26. The van der Waals surface area contributed by atoms with Gasteiger partial charge in [0.25, 0.3) is 5.91 Å². The number of methoxy groups -OCH3 is 1. The molecule has 0 aliphatic heterocycles. The number of nitrogens with one attached hydrogen (secondary N) is 1. The molecule has 0 heterocycles. The molecule has 0 radical (unpaired) electrons. The SMILES string of the molecule is COc1ccc(C(=O)NCCC(C)Br)cc1O. The maximum atomic E-state index is 11.7. The van der Waals surface area contributed by atoms with Gasteiger partial charge in [-0.05, 0) is 24.6 Å². The summed E-state index contributed by atoms with van der Waals surface area (Å²) in [4.78, 5) is 12.1. The van der Waals surface area contributed by atoms with Gasteiger partial charge in [-0.25, -0.2) is 0 Å². The summed E-state index contributed by atoms with van der Waals surface area (Å²) in [5.74, 6) is 0.126. The summed E-state index contributed by atoms with van der Waals surface area (Å²) >= 11 is 3.40. The predicted molar refractivity (Wildman–Crippen MR) is 70.0 cm³/mol. The molecule has 0 bridgehead atoms. The van der Waals surface area contributed by atoms with E-state index in [2.05, 4.69) is 21.2 Å². The van der Waals surface area contributed by atoms with Crippen molar-refractivity contribution in [1.82, 2.24) is 5.32 Å². The first-order valence-electron chi connectivity index (χ1n) is 5.34. The second kappa shape index (κ2) is 6.49. The zero-order valence-electron chi connectivity index (χ0n) is 9.87. The Hall–Kier alpha value is -1.23. The van der Waals surface area contributed by atoms with Crippen LogP contribution in [0.5, 0.6) is 11.5 Å². The summed E-state index contributed by atoms with van der Waals surface area (Å²) in [5.41, 5.74) is 0.422. The van der Waals surface area contributed by atoms with E-state index in [4.69, 9.17) is 4.74 Å². The highest BCUT2D eigenvalue weighted by Gasteiger charge is 2.09. The molecule has 17 heavy (non-hydrogen) atoms. The highest BCUT2D eigenvalue weighted by atomic mass is 79.9. The molecule has 0 aromatic heterocycles. The minimum atomic E-state index is -0.198. The summed E-state index contributed by atoms with van der Waals surface area (Å²) < 4.78 is 4.90. The van der Waals surface area contributed by atoms with Crippen LogP contribution in [0.1, 0.15) is 23.7 Å². The van der Waals surface area contributed by atoms with Gasteiger partial charge >= 0.3 is 0 Å². The molecule has 2 N–H and O–H groups in total. The Balaban J connectivity index is 2.60. The lowest BCUT2D eigenvalue weighted by Gasteiger charge is -2.08. The third kappa shape index (κ3) is 4.26. The summed E-state index contributed by atoms with van der Waals surface area (Å²) in [5, 5.41) is 12.3. The topological polar surface area (TPSA) is 58.6 Å². The van der Waals surface area contributed by atoms with Crippen molar-refractivity contribution in [1.29, 1.82) is 0 Å². The monoisotopic (exact) mass is 301 g/mol. The van der Waals surface area contributed by atoms with E-state index in [9.17, 15) is 9.90 Å². The molecular formula is C12H16BrNO3. The first-order valence-corrected chi connectivity index (χ1v) is 6.25. The molecule has 0 saturated heterocycles. The standard InChI is InChI=1S/C12H16BrNO3/c1-8(13)5-6-14-12(16)9-3-4-11(17-2)10(15)7-9/h3-4,7-8,15H,5-6H2,1-2H3,(H,14,16). The zero-order valence-corrected chi connectivity index (χ0v) is 11.5. The number of amides is 1. The van der Waals surface area contributed by atoms with Crippen molar-refractivity contribution in [3.05, 3.63) is 23.8 Å². The molecule has 0 saturated carbocycles. The fraction of sp³-hybridized carbons (Fsp3) is 0.417. The van der Waals surface area contributed by atoms with Crippen LogP contribution >= 0.6 is 15.9 Å². The number of benzene rings is 1. The van der Waals surface area contributed by atoms with E-state index in [0.29, 0.717) is 22.7 Å². The number of phenols is 1. The van der Waals surface area contributed by atoms with Crippen LogP contribution in [-0.2, 0) is 0 Å². The maximum Gasteiger partial charge on any atom is 0.251 e. The predicted octanol–water partition coefficient (Wildman–Crippen LogP) is 2.30. The lowest BCUT2D eigenvalue weighted by Crippen LogP contribution is -2.25. The zero-order chi connectivity index (χ0) is 12.8. The largest absolute Gasteiger partial charge is 0.504 e. The van der Waals surface area contributed by atoms with Gasteiger partial charge in [0.15, 0.2) is 11.5 Å². The fourth-order valence-corrected chi connectivity index (χ4v) is 1.55. The average Bonchev–Trinajstić information content (AvgIpc) is 2.28. The minimum absolute atomic E-state index is 0.0333. The van der Waals surface area contributed by atoms with Crippen LogP contribution in [0, 0.1) is 0 Å². The van der Waals surface area contributed by atoms with Crippen LogP contribution in [0.4, 0.5) is 0 Å². The van der Waals surface area contributed by atoms with E-state index in [1.165, 1.54) is 13.2 Å². The highest BCUT2D eigenvalue weighted by molar-refractivity contribution is 9.09. The fourth-order valence-electron chi connectivity index (χ4n) is 1.32. The van der Waals surface area contributed by atoms with Crippen LogP contribution in [0.15, 0.2) is 18.2 Å². The number of phenolic OH excluding ortho intramolecular Hbond substituents is 1. The van der Waals surface area contributed by atoms with Crippen LogP contribution in [0.25, 0.3) is 0 Å². The molecule has 0 aliphatic rings. The first-order chi connectivity index (χ1) is 8.04. The molecule has 0 fully saturated rings. The summed E-state index contributed by atoms with van der Waals surface area (Å²) in [6.45, 7) is 2.61. The van der Waals surface area contributed by atoms with Crippen LogP contribution in [0.2, 0.25) is 0 Å². The van der Waals surface area contributed by atoms with Gasteiger partial charge in [0.05, 0.1) is 7.11 Å². The molecule has 1 aromatic carbocycles. The van der Waals surface area contributed by atoms with Crippen molar-refractivity contribution >= 4 is 21.8 Å². The molecule has 1 amide bonds. The Morgan fingerprint density at radius 1 is 1.59 bits per heavy atom. The van der Waals surface area contributed by atoms with E-state index in [1.54, 1.807) is 12.1 Å². The Bertz CT molecular complexity index is 393. The number of halogens is 1. The second-order valence-electron chi connectivity index (χ2n) is 3.71. The molecule has 5 heteroatoms. The molecule has 1 rings (SSSR count). The number of alkyl halides is 1. The van der Waals surface area contributed by atoms with Gasteiger partial charge in [0.2, 0.25) is 0 Å². The number of carbonyl (C=O) groups excluding carboxylic acids is 1. The van der Waals surface area contributed by atoms with Crippen molar-refractivity contribution in [3.8, 4) is 11.5 Å². The van der Waals surface area contributed by atoms with E-state index < -0.39 is 0 Å². The molecule has 1 atom stereocenters. The van der Waals surface area contributed by atoms with Gasteiger partial charge in [-0.15, -0.1) is 0 Å². The number of hydrogen-bond donors (Lipinski definition) is 2. The number of rotatable bonds is 5. The summed E-state index contributed by atoms with van der Waals surface area (Å²) in [6, 6.07) is 4.58. The van der Waals surface area contributed by atoms with Crippen molar-refractivity contribution < 1.29 is 14.6 Å². The Kier molecular flexibility index (Phi) is 5.28. The second-order valence-corrected chi connectivity index (χ2v) is 5.28. The Labute approximate surface area is 109 Å². The van der Waals surface area contributed by atoms with E-state index >= 15 is 0 Å². The Morgan fingerprint density at radius 2 is 2.29 bits per heavy atom. The van der Waals surface area contributed by atoms with Gasteiger partial charge in [0.1, 0.15) is 0 Å². The smallest absolute Gasteiger partial charge is 0.251 e. The number of hydrogen-bond acceptors (Lipinski definition) is 3. The summed E-state index contributed by atoms with van der Waals surface area (Å²) in [6.07, 6.45) is 0.855. The third-order valence-electron chi connectivity index (χ3n) is 2.27. The number of ether oxygens (including phenoxy) is 1. The van der Waals surface area contributed by atoms with Gasteiger partial charge < -0.3 is 15.2 Å². The molecular weight excluding hydrogens is 286 g/mol. The summed E-state index contributed by atoms with van der Waals surface area (Å²) in [7, 11) is 1.46. The average molecular weight is 302 g/mol. The molecule has 1 unspecified atom stereocenters. The van der Waals surface area contributed by atoms with Crippen molar-refractivity contribution in [2.45, 2.75) is 18.2 Å². The maximum absolute atomic E-state index is 11.7. The van der Waals surface area contributed by atoms with Crippen molar-refractivity contribution in [2.75, 3.05) is 13.7 Å². The molecule has 94 valence electrons. The number of aromatic hydroxyl groups is 1. The van der Waals surface area contributed by atoms with Crippen LogP contribution < -0.4 is 10.1 Å². The van der Waals surface area contributed by atoms with Gasteiger partial charge in [-0.3, -0.25) is 4.79 Å². The van der Waals surface area contributed by atoms with Crippen LogP contribution in [-0.4, -0.2) is 29.5 Å².